The first kappa shape index (κ1) is 19.7. The number of rotatable bonds is 5. The van der Waals surface area contributed by atoms with E-state index in [0.29, 0.717) is 19.4 Å². The van der Waals surface area contributed by atoms with Gasteiger partial charge in [-0.05, 0) is 37.6 Å². The van der Waals surface area contributed by atoms with Crippen LogP contribution in [0.4, 0.5) is 0 Å². The predicted octanol–water partition coefficient (Wildman–Crippen LogP) is 3.76. The molecule has 0 saturated carbocycles. The van der Waals surface area contributed by atoms with Gasteiger partial charge in [-0.3, -0.25) is 19.0 Å². The Kier molecular flexibility index (Phi) is 5.20. The normalized spacial score (nSPS) is 11.3. The van der Waals surface area contributed by atoms with Crippen LogP contribution in [0.3, 0.4) is 0 Å². The summed E-state index contributed by atoms with van der Waals surface area (Å²) in [7, 11) is 0. The highest BCUT2D eigenvalue weighted by atomic mass is 35.5. The highest BCUT2D eigenvalue weighted by Crippen LogP contribution is 2.31. The minimum absolute atomic E-state index is 0.333. The lowest BCUT2D eigenvalue weighted by molar-refractivity contribution is -0.143. The van der Waals surface area contributed by atoms with Gasteiger partial charge in [0.05, 0.1) is 21.1 Å². The molecule has 0 spiro atoms. The molecule has 0 fully saturated rings. The number of Topliss-reactive ketones (excluding diaryl/α,β-unsaturated/α-hetero) is 1. The van der Waals surface area contributed by atoms with Gasteiger partial charge in [0.2, 0.25) is 5.78 Å². The Bertz CT molecular complexity index is 1340. The van der Waals surface area contributed by atoms with E-state index in [2.05, 4.69) is 9.97 Å². The van der Waals surface area contributed by atoms with Crippen molar-refractivity contribution >= 4 is 66.5 Å². The fourth-order valence-corrected chi connectivity index (χ4v) is 5.15. The second kappa shape index (κ2) is 7.66. The molecular weight excluding hydrogens is 434 g/mol. The molecule has 0 amide bonds. The van der Waals surface area contributed by atoms with Gasteiger partial charge in [0.25, 0.3) is 5.56 Å². The van der Waals surface area contributed by atoms with Crippen molar-refractivity contribution in [2.45, 2.75) is 20.4 Å². The average Bonchev–Trinajstić information content (AvgIpc) is 3.26. The second-order valence-electron chi connectivity index (χ2n) is 6.41. The van der Waals surface area contributed by atoms with E-state index < -0.39 is 12.6 Å². The summed E-state index contributed by atoms with van der Waals surface area (Å²) in [6, 6.07) is 5.12. The molecule has 29 heavy (non-hydrogen) atoms. The Morgan fingerprint density at radius 1 is 1.24 bits per heavy atom. The number of ether oxygens (including phenoxy) is 1. The van der Waals surface area contributed by atoms with Crippen LogP contribution in [0.5, 0.6) is 0 Å². The van der Waals surface area contributed by atoms with Crippen LogP contribution < -0.4 is 5.56 Å². The molecule has 4 aromatic rings. The lowest BCUT2D eigenvalue weighted by atomic mass is 10.1. The van der Waals surface area contributed by atoms with Crippen molar-refractivity contribution in [3.05, 3.63) is 55.4 Å². The van der Waals surface area contributed by atoms with Crippen molar-refractivity contribution in [3.8, 4) is 0 Å². The van der Waals surface area contributed by atoms with E-state index in [4.69, 9.17) is 16.3 Å². The molecule has 0 aliphatic rings. The molecule has 0 unspecified atom stereocenters. The van der Waals surface area contributed by atoms with Crippen molar-refractivity contribution < 1.29 is 14.3 Å². The summed E-state index contributed by atoms with van der Waals surface area (Å²) in [5.41, 5.74) is 2.09. The number of ketones is 1. The third kappa shape index (κ3) is 3.81. The van der Waals surface area contributed by atoms with Crippen LogP contribution >= 0.6 is 34.3 Å². The van der Waals surface area contributed by atoms with Crippen LogP contribution in [0.2, 0.25) is 4.34 Å². The molecule has 7 nitrogen and oxygen atoms in total. The summed E-state index contributed by atoms with van der Waals surface area (Å²) >= 11 is 8.16. The number of carbonyl (C=O) groups is 2. The number of nitrogens with zero attached hydrogens (tertiary/aromatic N) is 3. The largest absolute Gasteiger partial charge is 0.456 e. The first-order chi connectivity index (χ1) is 13.8. The molecule has 0 atom stereocenters. The summed E-state index contributed by atoms with van der Waals surface area (Å²) in [6.45, 7) is 3.10. The topological polar surface area (TPSA) is 91.1 Å². The monoisotopic (exact) mass is 447 g/mol. The Morgan fingerprint density at radius 3 is 2.76 bits per heavy atom. The molecule has 0 N–H and O–H groups in total. The maximum atomic E-state index is 12.8. The summed E-state index contributed by atoms with van der Waals surface area (Å²) in [5, 5.41) is 0.850. The van der Waals surface area contributed by atoms with Crippen molar-refractivity contribution in [3.63, 3.8) is 0 Å². The molecule has 0 aromatic carbocycles. The molecular formula is C19H14ClN3O4S2. The second-order valence-corrected chi connectivity index (χ2v) is 9.12. The SMILES string of the molecule is Cc1cc(C)c2c(n1)sc1c(=O)n(CC(=O)OCC(=O)c3ccc(Cl)s3)cnc12. The maximum absolute atomic E-state index is 12.8. The van der Waals surface area contributed by atoms with Crippen LogP contribution in [0.25, 0.3) is 20.4 Å². The van der Waals surface area contributed by atoms with Gasteiger partial charge in [-0.15, -0.1) is 22.7 Å². The quantitative estimate of drug-likeness (QED) is 0.341. The van der Waals surface area contributed by atoms with E-state index in [1.165, 1.54) is 22.2 Å². The van der Waals surface area contributed by atoms with Crippen molar-refractivity contribution in [2.75, 3.05) is 6.61 Å². The highest BCUT2D eigenvalue weighted by molar-refractivity contribution is 7.25. The fourth-order valence-electron chi connectivity index (χ4n) is 2.98. The molecule has 0 radical (unpaired) electrons. The van der Waals surface area contributed by atoms with E-state index in [1.54, 1.807) is 12.1 Å². The van der Waals surface area contributed by atoms with Crippen LogP contribution in [0.15, 0.2) is 29.3 Å². The summed E-state index contributed by atoms with van der Waals surface area (Å²) < 4.78 is 7.10. The predicted molar refractivity (Wildman–Crippen MR) is 113 cm³/mol. The lowest BCUT2D eigenvalue weighted by Crippen LogP contribution is -2.26. The number of aryl methyl sites for hydroxylation is 2. The minimum atomic E-state index is -0.699. The summed E-state index contributed by atoms with van der Waals surface area (Å²) in [6.07, 6.45) is 1.32. The van der Waals surface area contributed by atoms with E-state index in [-0.39, 0.29) is 17.9 Å². The third-order valence-corrected chi connectivity index (χ3v) is 6.59. The third-order valence-electron chi connectivity index (χ3n) is 4.26. The zero-order valence-electron chi connectivity index (χ0n) is 15.4. The van der Waals surface area contributed by atoms with Crippen LogP contribution in [0.1, 0.15) is 20.9 Å². The molecule has 0 aliphatic carbocycles. The van der Waals surface area contributed by atoms with Gasteiger partial charge >= 0.3 is 5.97 Å². The highest BCUT2D eigenvalue weighted by Gasteiger charge is 2.17. The number of hydrogen-bond donors (Lipinski definition) is 0. The molecule has 4 rings (SSSR count). The number of carbonyl (C=O) groups excluding carboxylic acids is 2. The van der Waals surface area contributed by atoms with Gasteiger partial charge in [-0.1, -0.05) is 11.6 Å². The summed E-state index contributed by atoms with van der Waals surface area (Å²) in [5.74, 6) is -1.05. The van der Waals surface area contributed by atoms with Crippen molar-refractivity contribution in [1.82, 2.24) is 14.5 Å². The Hall–Kier alpha value is -2.62. The standard InChI is InChI=1S/C19H14ClN3O4S2/c1-9-5-10(2)22-18-15(9)16-17(29-18)19(26)23(8-21-16)6-14(25)27-7-11(24)12-3-4-13(20)28-12/h3-5,8H,6-7H2,1-2H3. The molecule has 4 aromatic heterocycles. The number of fused-ring (bicyclic) bond motifs is 3. The van der Waals surface area contributed by atoms with Crippen LogP contribution in [0, 0.1) is 13.8 Å². The number of pyridine rings is 1. The first-order valence-corrected chi connectivity index (χ1v) is 10.5. The molecule has 4 heterocycles. The van der Waals surface area contributed by atoms with E-state index in [9.17, 15) is 14.4 Å². The van der Waals surface area contributed by atoms with Gasteiger partial charge in [0.15, 0.2) is 6.61 Å². The van der Waals surface area contributed by atoms with Gasteiger partial charge in [-0.2, -0.15) is 0 Å². The molecule has 0 saturated heterocycles. The Morgan fingerprint density at radius 2 is 2.03 bits per heavy atom. The Balaban J connectivity index is 1.55. The van der Waals surface area contributed by atoms with E-state index >= 15 is 0 Å². The molecule has 0 aliphatic heterocycles. The maximum Gasteiger partial charge on any atom is 0.326 e. The van der Waals surface area contributed by atoms with Gasteiger partial charge in [0.1, 0.15) is 16.1 Å². The first-order valence-electron chi connectivity index (χ1n) is 8.53. The number of aromatic nitrogens is 3. The van der Waals surface area contributed by atoms with Gasteiger partial charge in [0, 0.05) is 11.1 Å². The zero-order chi connectivity index (χ0) is 20.7. The average molecular weight is 448 g/mol. The molecule has 10 heteroatoms. The van der Waals surface area contributed by atoms with Crippen LogP contribution in [-0.2, 0) is 16.1 Å². The van der Waals surface area contributed by atoms with Gasteiger partial charge in [-0.25, -0.2) is 9.97 Å². The number of esters is 1. The van der Waals surface area contributed by atoms with Gasteiger partial charge < -0.3 is 4.74 Å². The number of hydrogen-bond acceptors (Lipinski definition) is 8. The van der Waals surface area contributed by atoms with Crippen LogP contribution in [-0.4, -0.2) is 32.9 Å². The van der Waals surface area contributed by atoms with Crippen molar-refractivity contribution in [1.29, 1.82) is 0 Å². The fraction of sp³-hybridized carbons (Fsp3) is 0.211. The smallest absolute Gasteiger partial charge is 0.326 e. The zero-order valence-corrected chi connectivity index (χ0v) is 17.8. The minimum Gasteiger partial charge on any atom is -0.456 e. The molecule has 0 bridgehead atoms. The number of halogens is 1. The Labute approximate surface area is 177 Å². The lowest BCUT2D eigenvalue weighted by Gasteiger charge is -2.06. The molecule has 148 valence electrons. The summed E-state index contributed by atoms with van der Waals surface area (Å²) in [4.78, 5) is 46.9. The van der Waals surface area contributed by atoms with Crippen molar-refractivity contribution in [2.24, 2.45) is 0 Å². The van der Waals surface area contributed by atoms with E-state index in [0.717, 1.165) is 32.8 Å². The van der Waals surface area contributed by atoms with E-state index in [1.807, 2.05) is 19.9 Å². The number of thiophene rings is 2.